The fraction of sp³-hybridized carbons (Fsp3) is 0.438. The van der Waals surface area contributed by atoms with Gasteiger partial charge in [-0.1, -0.05) is 12.1 Å². The highest BCUT2D eigenvalue weighted by molar-refractivity contribution is 5.76. The Balaban J connectivity index is 1.78. The van der Waals surface area contributed by atoms with Gasteiger partial charge in [-0.2, -0.15) is 0 Å². The number of carboxylic acid groups (broad SMARTS) is 1. The van der Waals surface area contributed by atoms with Crippen molar-refractivity contribution < 1.29 is 9.90 Å². The van der Waals surface area contributed by atoms with Crippen LogP contribution in [0.5, 0.6) is 0 Å². The third-order valence-electron chi connectivity index (χ3n) is 4.07. The van der Waals surface area contributed by atoms with Gasteiger partial charge in [-0.25, -0.2) is 9.97 Å². The average molecular weight is 285 g/mol. The van der Waals surface area contributed by atoms with Gasteiger partial charge in [0.15, 0.2) is 5.82 Å². The first-order valence-electron chi connectivity index (χ1n) is 7.33. The lowest BCUT2D eigenvalue weighted by molar-refractivity contribution is -0.137. The maximum atomic E-state index is 10.7. The third kappa shape index (κ3) is 2.96. The summed E-state index contributed by atoms with van der Waals surface area (Å²) in [5, 5.41) is 8.78. The lowest BCUT2D eigenvalue weighted by atomic mass is 10.0. The van der Waals surface area contributed by atoms with Gasteiger partial charge in [0, 0.05) is 19.5 Å². The van der Waals surface area contributed by atoms with Crippen LogP contribution in [0.25, 0.3) is 11.0 Å². The van der Waals surface area contributed by atoms with Gasteiger partial charge < -0.3 is 10.0 Å². The predicted octanol–water partition coefficient (Wildman–Crippen LogP) is 2.63. The van der Waals surface area contributed by atoms with Crippen molar-refractivity contribution in [1.82, 2.24) is 9.97 Å². The zero-order chi connectivity index (χ0) is 14.8. The number of rotatable bonds is 4. The van der Waals surface area contributed by atoms with Crippen LogP contribution in [0.15, 0.2) is 24.3 Å². The Morgan fingerprint density at radius 3 is 2.76 bits per heavy atom. The van der Waals surface area contributed by atoms with E-state index in [2.05, 4.69) is 9.88 Å². The van der Waals surface area contributed by atoms with Crippen LogP contribution in [0.4, 0.5) is 5.82 Å². The van der Waals surface area contributed by atoms with Gasteiger partial charge in [0.2, 0.25) is 0 Å². The standard InChI is InChI=1S/C16H19N3O2/c1-11-16(18-14-5-3-2-4-13(14)17-11)19-9-8-12(10-19)6-7-15(20)21/h2-5,12H,6-10H2,1H3,(H,20,21). The highest BCUT2D eigenvalue weighted by Crippen LogP contribution is 2.28. The normalized spacial score (nSPS) is 18.3. The Labute approximate surface area is 123 Å². The summed E-state index contributed by atoms with van der Waals surface area (Å²) >= 11 is 0. The Kier molecular flexibility index (Phi) is 3.73. The first kappa shape index (κ1) is 13.8. The molecule has 21 heavy (non-hydrogen) atoms. The molecule has 0 aliphatic carbocycles. The Morgan fingerprint density at radius 2 is 2.05 bits per heavy atom. The number of carbonyl (C=O) groups is 1. The maximum absolute atomic E-state index is 10.7. The minimum absolute atomic E-state index is 0.251. The SMILES string of the molecule is Cc1nc2ccccc2nc1N1CCC(CCC(=O)O)C1. The largest absolute Gasteiger partial charge is 0.481 e. The number of nitrogens with zero attached hydrogens (tertiary/aromatic N) is 3. The summed E-state index contributed by atoms with van der Waals surface area (Å²) in [6.45, 7) is 3.79. The zero-order valence-electron chi connectivity index (χ0n) is 12.1. The first-order valence-corrected chi connectivity index (χ1v) is 7.33. The molecule has 5 heteroatoms. The number of aryl methyl sites for hydroxylation is 1. The second-order valence-electron chi connectivity index (χ2n) is 5.65. The molecule has 1 fully saturated rings. The van der Waals surface area contributed by atoms with Crippen molar-refractivity contribution in [1.29, 1.82) is 0 Å². The fourth-order valence-corrected chi connectivity index (χ4v) is 2.97. The summed E-state index contributed by atoms with van der Waals surface area (Å²) in [4.78, 5) is 22.3. The molecule has 0 spiro atoms. The predicted molar refractivity (Wildman–Crippen MR) is 81.5 cm³/mol. The van der Waals surface area contributed by atoms with Gasteiger partial charge >= 0.3 is 5.97 Å². The summed E-state index contributed by atoms with van der Waals surface area (Å²) in [6.07, 6.45) is 2.02. The maximum Gasteiger partial charge on any atom is 0.303 e. The molecular weight excluding hydrogens is 266 g/mol. The number of benzene rings is 1. The number of aromatic nitrogens is 2. The van der Waals surface area contributed by atoms with Crippen molar-refractivity contribution in [2.75, 3.05) is 18.0 Å². The summed E-state index contributed by atoms with van der Waals surface area (Å²) in [7, 11) is 0. The molecule has 3 rings (SSSR count). The van der Waals surface area contributed by atoms with Crippen molar-refractivity contribution in [2.24, 2.45) is 5.92 Å². The van der Waals surface area contributed by atoms with Crippen molar-refractivity contribution in [3.05, 3.63) is 30.0 Å². The van der Waals surface area contributed by atoms with E-state index in [9.17, 15) is 4.79 Å². The van der Waals surface area contributed by atoms with Crippen LogP contribution in [0.2, 0.25) is 0 Å². The molecule has 1 saturated heterocycles. The van der Waals surface area contributed by atoms with Crippen molar-refractivity contribution >= 4 is 22.8 Å². The minimum atomic E-state index is -0.713. The molecule has 1 unspecified atom stereocenters. The van der Waals surface area contributed by atoms with Gasteiger partial charge in [-0.05, 0) is 37.8 Å². The van der Waals surface area contributed by atoms with E-state index in [0.29, 0.717) is 5.92 Å². The molecule has 2 aromatic rings. The van der Waals surface area contributed by atoms with E-state index in [-0.39, 0.29) is 6.42 Å². The average Bonchev–Trinajstić information content (AvgIpc) is 2.93. The molecule has 1 aliphatic heterocycles. The van der Waals surface area contributed by atoms with Crippen LogP contribution in [0, 0.1) is 12.8 Å². The number of anilines is 1. The number of hydrogen-bond acceptors (Lipinski definition) is 4. The molecule has 110 valence electrons. The van der Waals surface area contributed by atoms with Crippen molar-refractivity contribution in [3.8, 4) is 0 Å². The molecule has 1 aromatic heterocycles. The van der Waals surface area contributed by atoms with Gasteiger partial charge in [0.25, 0.3) is 0 Å². The third-order valence-corrected chi connectivity index (χ3v) is 4.07. The zero-order valence-corrected chi connectivity index (χ0v) is 12.1. The Morgan fingerprint density at radius 1 is 1.33 bits per heavy atom. The first-order chi connectivity index (χ1) is 10.1. The van der Waals surface area contributed by atoms with E-state index in [1.807, 2.05) is 31.2 Å². The summed E-state index contributed by atoms with van der Waals surface area (Å²) in [5.74, 6) is 0.662. The lowest BCUT2D eigenvalue weighted by Crippen LogP contribution is -2.22. The van der Waals surface area contributed by atoms with E-state index in [1.54, 1.807) is 0 Å². The van der Waals surface area contributed by atoms with Gasteiger partial charge in [-0.3, -0.25) is 4.79 Å². The van der Waals surface area contributed by atoms with Crippen molar-refractivity contribution in [3.63, 3.8) is 0 Å². The van der Waals surface area contributed by atoms with Gasteiger partial charge in [-0.15, -0.1) is 0 Å². The number of carboxylic acids is 1. The number of para-hydroxylation sites is 2. The highest BCUT2D eigenvalue weighted by atomic mass is 16.4. The topological polar surface area (TPSA) is 66.3 Å². The van der Waals surface area contributed by atoms with Crippen LogP contribution >= 0.6 is 0 Å². The fourth-order valence-electron chi connectivity index (χ4n) is 2.97. The van der Waals surface area contributed by atoms with Crippen LogP contribution in [0.3, 0.4) is 0 Å². The number of hydrogen-bond donors (Lipinski definition) is 1. The number of fused-ring (bicyclic) bond motifs is 1. The molecule has 1 aliphatic rings. The Bertz CT molecular complexity index is 672. The quantitative estimate of drug-likeness (QED) is 0.935. The monoisotopic (exact) mass is 285 g/mol. The molecule has 5 nitrogen and oxygen atoms in total. The van der Waals surface area contributed by atoms with Gasteiger partial charge in [0.1, 0.15) is 0 Å². The molecule has 0 amide bonds. The van der Waals surface area contributed by atoms with Crippen LogP contribution in [-0.2, 0) is 4.79 Å². The highest BCUT2D eigenvalue weighted by Gasteiger charge is 2.25. The molecule has 2 heterocycles. The number of aliphatic carboxylic acids is 1. The smallest absolute Gasteiger partial charge is 0.303 e. The van der Waals surface area contributed by atoms with E-state index >= 15 is 0 Å². The molecule has 1 N–H and O–H groups in total. The molecule has 0 saturated carbocycles. The second kappa shape index (κ2) is 5.68. The summed E-state index contributed by atoms with van der Waals surface area (Å²) in [5.41, 5.74) is 2.76. The molecule has 0 radical (unpaired) electrons. The molecular formula is C16H19N3O2. The minimum Gasteiger partial charge on any atom is -0.481 e. The van der Waals surface area contributed by atoms with Crippen LogP contribution in [0.1, 0.15) is 25.0 Å². The summed E-state index contributed by atoms with van der Waals surface area (Å²) < 4.78 is 0. The summed E-state index contributed by atoms with van der Waals surface area (Å²) in [6, 6.07) is 7.88. The van der Waals surface area contributed by atoms with Crippen LogP contribution in [-0.4, -0.2) is 34.1 Å². The molecule has 1 atom stereocenters. The van der Waals surface area contributed by atoms with Gasteiger partial charge in [0.05, 0.1) is 16.7 Å². The van der Waals surface area contributed by atoms with Crippen molar-refractivity contribution in [2.45, 2.75) is 26.2 Å². The van der Waals surface area contributed by atoms with E-state index in [1.165, 1.54) is 0 Å². The van der Waals surface area contributed by atoms with E-state index in [4.69, 9.17) is 10.1 Å². The molecule has 0 bridgehead atoms. The van der Waals surface area contributed by atoms with E-state index in [0.717, 1.165) is 48.5 Å². The Hall–Kier alpha value is -2.17. The van der Waals surface area contributed by atoms with E-state index < -0.39 is 5.97 Å². The second-order valence-corrected chi connectivity index (χ2v) is 5.65. The van der Waals surface area contributed by atoms with Crippen LogP contribution < -0.4 is 4.90 Å². The molecule has 1 aromatic carbocycles. The lowest BCUT2D eigenvalue weighted by Gasteiger charge is -2.19.